The van der Waals surface area contributed by atoms with Gasteiger partial charge in [0.1, 0.15) is 0 Å². The van der Waals surface area contributed by atoms with Crippen LogP contribution in [-0.4, -0.2) is 23.1 Å². The molecule has 0 aromatic heterocycles. The standard InChI is InChI=1S/C23H24N2O2S/c1-23(2,3)25-22(27)19-10-6-7-11-20(19)24-21(26)15-28-18-13-12-16-8-4-5-9-17(16)14-18/h4-14H,15H2,1-3H3,(H,24,26)(H,25,27). The fraction of sp³-hybridized carbons (Fsp3) is 0.217. The molecule has 0 saturated heterocycles. The Balaban J connectivity index is 1.65. The number of rotatable bonds is 5. The number of fused-ring (bicyclic) bond motifs is 1. The number of carbonyl (C=O) groups excluding carboxylic acids is 2. The van der Waals surface area contributed by atoms with Crippen LogP contribution in [0, 0.1) is 0 Å². The largest absolute Gasteiger partial charge is 0.347 e. The predicted molar refractivity (Wildman–Crippen MR) is 117 cm³/mol. The fourth-order valence-corrected chi connectivity index (χ4v) is 3.53. The third-order valence-corrected chi connectivity index (χ3v) is 5.02. The lowest BCUT2D eigenvalue weighted by atomic mass is 10.1. The topological polar surface area (TPSA) is 58.2 Å². The number of hydrogen-bond acceptors (Lipinski definition) is 3. The normalized spacial score (nSPS) is 11.2. The van der Waals surface area contributed by atoms with E-state index in [-0.39, 0.29) is 23.1 Å². The van der Waals surface area contributed by atoms with Crippen molar-refractivity contribution in [3.63, 3.8) is 0 Å². The number of benzene rings is 3. The third kappa shape index (κ3) is 5.36. The van der Waals surface area contributed by atoms with Gasteiger partial charge in [-0.15, -0.1) is 11.8 Å². The highest BCUT2D eigenvalue weighted by Gasteiger charge is 2.18. The van der Waals surface area contributed by atoms with Gasteiger partial charge in [0.2, 0.25) is 5.91 Å². The molecule has 0 fully saturated rings. The number of amides is 2. The van der Waals surface area contributed by atoms with Gasteiger partial charge in [0, 0.05) is 10.4 Å². The first-order chi connectivity index (χ1) is 13.3. The molecule has 28 heavy (non-hydrogen) atoms. The third-order valence-electron chi connectivity index (χ3n) is 4.03. The Morgan fingerprint density at radius 1 is 0.893 bits per heavy atom. The lowest BCUT2D eigenvalue weighted by Gasteiger charge is -2.21. The van der Waals surface area contributed by atoms with Crippen LogP contribution < -0.4 is 10.6 Å². The number of para-hydroxylation sites is 1. The maximum atomic E-state index is 12.5. The van der Waals surface area contributed by atoms with Crippen molar-refractivity contribution in [3.05, 3.63) is 72.3 Å². The van der Waals surface area contributed by atoms with Gasteiger partial charge in [0.25, 0.3) is 5.91 Å². The number of anilines is 1. The van der Waals surface area contributed by atoms with E-state index in [4.69, 9.17) is 0 Å². The molecule has 144 valence electrons. The predicted octanol–water partition coefficient (Wildman–Crippen LogP) is 5.10. The molecule has 3 aromatic carbocycles. The molecule has 0 aliphatic carbocycles. The Morgan fingerprint density at radius 3 is 2.32 bits per heavy atom. The zero-order valence-corrected chi connectivity index (χ0v) is 17.1. The molecular weight excluding hydrogens is 368 g/mol. The van der Waals surface area contributed by atoms with Crippen LogP contribution in [-0.2, 0) is 4.79 Å². The van der Waals surface area contributed by atoms with Gasteiger partial charge in [0.05, 0.1) is 17.0 Å². The van der Waals surface area contributed by atoms with Gasteiger partial charge in [0.15, 0.2) is 0 Å². The summed E-state index contributed by atoms with van der Waals surface area (Å²) in [5.41, 5.74) is 0.634. The van der Waals surface area contributed by atoms with Gasteiger partial charge in [-0.2, -0.15) is 0 Å². The highest BCUT2D eigenvalue weighted by molar-refractivity contribution is 8.00. The van der Waals surface area contributed by atoms with E-state index < -0.39 is 0 Å². The van der Waals surface area contributed by atoms with E-state index in [1.165, 1.54) is 17.1 Å². The molecule has 2 N–H and O–H groups in total. The first-order valence-electron chi connectivity index (χ1n) is 9.15. The van der Waals surface area contributed by atoms with Crippen LogP contribution in [0.25, 0.3) is 10.8 Å². The van der Waals surface area contributed by atoms with Gasteiger partial charge >= 0.3 is 0 Å². The number of carbonyl (C=O) groups is 2. The summed E-state index contributed by atoms with van der Waals surface area (Å²) in [5.74, 6) is -0.0761. The molecule has 3 aromatic rings. The van der Waals surface area contributed by atoms with E-state index in [1.54, 1.807) is 24.3 Å². The first-order valence-corrected chi connectivity index (χ1v) is 10.1. The van der Waals surface area contributed by atoms with Gasteiger partial charge in [-0.05, 0) is 55.8 Å². The van der Waals surface area contributed by atoms with E-state index in [1.807, 2.05) is 39.0 Å². The van der Waals surface area contributed by atoms with E-state index in [0.29, 0.717) is 11.3 Å². The van der Waals surface area contributed by atoms with Crippen LogP contribution >= 0.6 is 11.8 Å². The molecule has 0 aliphatic rings. The van der Waals surface area contributed by atoms with Crippen molar-refractivity contribution in [1.82, 2.24) is 5.32 Å². The summed E-state index contributed by atoms with van der Waals surface area (Å²) in [7, 11) is 0. The summed E-state index contributed by atoms with van der Waals surface area (Å²) < 4.78 is 0. The molecule has 0 heterocycles. The van der Waals surface area contributed by atoms with Gasteiger partial charge in [-0.3, -0.25) is 9.59 Å². The van der Waals surface area contributed by atoms with Gasteiger partial charge in [-0.1, -0.05) is 42.5 Å². The van der Waals surface area contributed by atoms with Crippen molar-refractivity contribution in [2.75, 3.05) is 11.1 Å². The Bertz CT molecular complexity index is 1010. The Morgan fingerprint density at radius 2 is 1.57 bits per heavy atom. The molecule has 0 atom stereocenters. The van der Waals surface area contributed by atoms with Crippen molar-refractivity contribution in [1.29, 1.82) is 0 Å². The van der Waals surface area contributed by atoms with E-state index in [2.05, 4.69) is 34.9 Å². The maximum absolute atomic E-state index is 12.5. The number of thioether (sulfide) groups is 1. The molecule has 0 unspecified atom stereocenters. The van der Waals surface area contributed by atoms with Crippen LogP contribution in [0.4, 0.5) is 5.69 Å². The van der Waals surface area contributed by atoms with E-state index in [0.717, 1.165) is 10.3 Å². The maximum Gasteiger partial charge on any atom is 0.253 e. The number of nitrogens with one attached hydrogen (secondary N) is 2. The number of hydrogen-bond donors (Lipinski definition) is 2. The second kappa shape index (κ2) is 8.48. The molecular formula is C23H24N2O2S. The van der Waals surface area contributed by atoms with Crippen molar-refractivity contribution >= 4 is 40.0 Å². The van der Waals surface area contributed by atoms with Crippen molar-refractivity contribution < 1.29 is 9.59 Å². The Labute approximate surface area is 169 Å². The smallest absolute Gasteiger partial charge is 0.253 e. The van der Waals surface area contributed by atoms with Crippen LogP contribution in [0.3, 0.4) is 0 Å². The molecule has 0 saturated carbocycles. The summed E-state index contributed by atoms with van der Waals surface area (Å²) >= 11 is 1.47. The molecule has 5 heteroatoms. The zero-order chi connectivity index (χ0) is 20.1. The molecule has 4 nitrogen and oxygen atoms in total. The van der Waals surface area contributed by atoms with Gasteiger partial charge < -0.3 is 10.6 Å². The van der Waals surface area contributed by atoms with Gasteiger partial charge in [-0.25, -0.2) is 0 Å². The summed E-state index contributed by atoms with van der Waals surface area (Å²) in [6.45, 7) is 5.77. The minimum atomic E-state index is -0.347. The lowest BCUT2D eigenvalue weighted by molar-refractivity contribution is -0.113. The van der Waals surface area contributed by atoms with Crippen molar-refractivity contribution in [3.8, 4) is 0 Å². The minimum absolute atomic E-state index is 0.144. The Kier molecular flexibility index (Phi) is 6.05. The van der Waals surface area contributed by atoms with Crippen molar-refractivity contribution in [2.45, 2.75) is 31.2 Å². The van der Waals surface area contributed by atoms with Crippen LogP contribution in [0.5, 0.6) is 0 Å². The zero-order valence-electron chi connectivity index (χ0n) is 16.3. The molecule has 0 bridgehead atoms. The van der Waals surface area contributed by atoms with Crippen LogP contribution in [0.1, 0.15) is 31.1 Å². The SMILES string of the molecule is CC(C)(C)NC(=O)c1ccccc1NC(=O)CSc1ccc2ccccc2c1. The minimum Gasteiger partial charge on any atom is -0.347 e. The summed E-state index contributed by atoms with van der Waals surface area (Å²) in [6.07, 6.45) is 0. The highest BCUT2D eigenvalue weighted by Crippen LogP contribution is 2.24. The molecule has 0 spiro atoms. The molecule has 0 aliphatic heterocycles. The van der Waals surface area contributed by atoms with Crippen LogP contribution in [0.15, 0.2) is 71.6 Å². The quantitative estimate of drug-likeness (QED) is 0.594. The van der Waals surface area contributed by atoms with Crippen LogP contribution in [0.2, 0.25) is 0 Å². The average molecular weight is 393 g/mol. The highest BCUT2D eigenvalue weighted by atomic mass is 32.2. The summed E-state index contributed by atoms with van der Waals surface area (Å²) in [6, 6.07) is 21.4. The fourth-order valence-electron chi connectivity index (χ4n) is 2.79. The molecule has 3 rings (SSSR count). The molecule has 2 amide bonds. The summed E-state index contributed by atoms with van der Waals surface area (Å²) in [4.78, 5) is 26.0. The second-order valence-corrected chi connectivity index (χ2v) is 8.64. The molecule has 0 radical (unpaired) electrons. The van der Waals surface area contributed by atoms with E-state index >= 15 is 0 Å². The average Bonchev–Trinajstić information content (AvgIpc) is 2.65. The second-order valence-electron chi connectivity index (χ2n) is 7.60. The van der Waals surface area contributed by atoms with E-state index in [9.17, 15) is 9.59 Å². The monoisotopic (exact) mass is 392 g/mol. The lowest BCUT2D eigenvalue weighted by Crippen LogP contribution is -2.40. The summed E-state index contributed by atoms with van der Waals surface area (Å²) in [5, 5.41) is 8.12. The first kappa shape index (κ1) is 20.0. The Hall–Kier alpha value is -2.79. The van der Waals surface area contributed by atoms with Crippen molar-refractivity contribution in [2.24, 2.45) is 0 Å².